The summed E-state index contributed by atoms with van der Waals surface area (Å²) in [5.74, 6) is 1.28. The molecule has 1 amide bonds. The van der Waals surface area contributed by atoms with Crippen molar-refractivity contribution in [3.05, 3.63) is 12.3 Å². The van der Waals surface area contributed by atoms with Gasteiger partial charge in [0.15, 0.2) is 5.82 Å². The molecule has 1 atom stereocenters. The average molecular weight is 209 g/mol. The summed E-state index contributed by atoms with van der Waals surface area (Å²) in [5.41, 5.74) is 0. The normalized spacial score (nSPS) is 12.5. The zero-order chi connectivity index (χ0) is 11.4. The highest BCUT2D eigenvalue weighted by Crippen LogP contribution is 2.13. The third-order valence-corrected chi connectivity index (χ3v) is 2.64. The maximum atomic E-state index is 11.8. The van der Waals surface area contributed by atoms with Crippen LogP contribution in [0.4, 0.5) is 5.82 Å². The Morgan fingerprint density at radius 3 is 2.80 bits per heavy atom. The van der Waals surface area contributed by atoms with Crippen molar-refractivity contribution in [3.63, 3.8) is 0 Å². The molecule has 1 heterocycles. The molecule has 1 aromatic heterocycles. The van der Waals surface area contributed by atoms with Crippen LogP contribution in [0.5, 0.6) is 0 Å². The van der Waals surface area contributed by atoms with Crippen LogP contribution in [0.1, 0.15) is 26.7 Å². The van der Waals surface area contributed by atoms with Gasteiger partial charge < -0.3 is 0 Å². The van der Waals surface area contributed by atoms with Gasteiger partial charge in [-0.25, -0.2) is 0 Å². The van der Waals surface area contributed by atoms with Crippen molar-refractivity contribution in [1.82, 2.24) is 9.78 Å². The lowest BCUT2D eigenvalue weighted by Gasteiger charge is -2.16. The second-order valence-electron chi connectivity index (χ2n) is 4.02. The zero-order valence-corrected chi connectivity index (χ0v) is 9.90. The summed E-state index contributed by atoms with van der Waals surface area (Å²) in [5, 5.41) is 4.19. The first-order valence-electron chi connectivity index (χ1n) is 5.30. The van der Waals surface area contributed by atoms with Gasteiger partial charge in [-0.1, -0.05) is 20.3 Å². The molecule has 1 rings (SSSR count). The summed E-state index contributed by atoms with van der Waals surface area (Å²) < 4.78 is 1.70. The monoisotopic (exact) mass is 209 g/mol. The first-order chi connectivity index (χ1) is 7.04. The van der Waals surface area contributed by atoms with Crippen molar-refractivity contribution in [2.45, 2.75) is 26.7 Å². The van der Waals surface area contributed by atoms with Gasteiger partial charge >= 0.3 is 0 Å². The maximum absolute atomic E-state index is 11.8. The molecule has 0 bridgehead atoms. The van der Waals surface area contributed by atoms with Crippen LogP contribution in [-0.2, 0) is 11.8 Å². The molecule has 0 aliphatic carbocycles. The second-order valence-corrected chi connectivity index (χ2v) is 4.02. The van der Waals surface area contributed by atoms with E-state index in [0.29, 0.717) is 18.2 Å². The fraction of sp³-hybridized carbons (Fsp3) is 0.636. The average Bonchev–Trinajstić information content (AvgIpc) is 2.63. The van der Waals surface area contributed by atoms with Gasteiger partial charge in [0.25, 0.3) is 0 Å². The molecule has 1 aromatic rings. The van der Waals surface area contributed by atoms with E-state index in [0.717, 1.165) is 6.42 Å². The lowest BCUT2D eigenvalue weighted by molar-refractivity contribution is -0.119. The van der Waals surface area contributed by atoms with Gasteiger partial charge in [0.1, 0.15) is 0 Å². The molecular formula is C11H19N3O. The first-order valence-corrected chi connectivity index (χ1v) is 5.30. The van der Waals surface area contributed by atoms with Crippen LogP contribution in [-0.4, -0.2) is 22.7 Å². The van der Waals surface area contributed by atoms with Crippen molar-refractivity contribution in [1.29, 1.82) is 0 Å². The van der Waals surface area contributed by atoms with Crippen LogP contribution in [0.2, 0.25) is 0 Å². The highest BCUT2D eigenvalue weighted by molar-refractivity contribution is 5.91. The Bertz CT molecular complexity index is 332. The number of aromatic nitrogens is 2. The number of amides is 1. The molecule has 0 saturated heterocycles. The summed E-state index contributed by atoms with van der Waals surface area (Å²) in [4.78, 5) is 13.4. The Hall–Kier alpha value is -1.32. The van der Waals surface area contributed by atoms with Crippen LogP contribution in [0.3, 0.4) is 0 Å². The van der Waals surface area contributed by atoms with E-state index >= 15 is 0 Å². The zero-order valence-electron chi connectivity index (χ0n) is 9.90. The summed E-state index contributed by atoms with van der Waals surface area (Å²) >= 11 is 0. The molecule has 0 fully saturated rings. The van der Waals surface area contributed by atoms with Gasteiger partial charge in [-0.2, -0.15) is 5.10 Å². The summed E-state index contributed by atoms with van der Waals surface area (Å²) in [6.07, 6.45) is 3.45. The summed E-state index contributed by atoms with van der Waals surface area (Å²) in [6, 6.07) is 1.84. The van der Waals surface area contributed by atoms with Gasteiger partial charge in [0, 0.05) is 32.8 Å². The van der Waals surface area contributed by atoms with Crippen LogP contribution in [0.15, 0.2) is 12.3 Å². The van der Waals surface area contributed by atoms with Crippen LogP contribution in [0.25, 0.3) is 0 Å². The number of anilines is 1. The van der Waals surface area contributed by atoms with Gasteiger partial charge in [0.2, 0.25) is 5.91 Å². The molecule has 4 heteroatoms. The standard InChI is InChI=1S/C11H19N3O/c1-5-9(2)8-11(15)14(4)10-6-7-13(3)12-10/h6-7,9H,5,8H2,1-4H3/t9-/m0/s1. The quantitative estimate of drug-likeness (QED) is 0.758. The first kappa shape index (κ1) is 11.8. The highest BCUT2D eigenvalue weighted by atomic mass is 16.2. The molecule has 0 spiro atoms. The Balaban J connectivity index is 2.60. The Morgan fingerprint density at radius 2 is 2.33 bits per heavy atom. The summed E-state index contributed by atoms with van der Waals surface area (Å²) in [7, 11) is 3.61. The summed E-state index contributed by atoms with van der Waals surface area (Å²) in [6.45, 7) is 4.18. The molecule has 0 aromatic carbocycles. The van der Waals surface area contributed by atoms with E-state index in [1.165, 1.54) is 0 Å². The third-order valence-electron chi connectivity index (χ3n) is 2.64. The predicted molar refractivity (Wildman–Crippen MR) is 60.7 cm³/mol. The Labute approximate surface area is 90.9 Å². The molecule has 84 valence electrons. The number of carbonyl (C=O) groups is 1. The number of hydrogen-bond donors (Lipinski definition) is 0. The Morgan fingerprint density at radius 1 is 1.67 bits per heavy atom. The fourth-order valence-corrected chi connectivity index (χ4v) is 1.29. The van der Waals surface area contributed by atoms with E-state index in [9.17, 15) is 4.79 Å². The minimum atomic E-state index is 0.128. The van der Waals surface area contributed by atoms with Gasteiger partial charge in [-0.15, -0.1) is 0 Å². The smallest absolute Gasteiger partial charge is 0.228 e. The van der Waals surface area contributed by atoms with Crippen molar-refractivity contribution in [2.24, 2.45) is 13.0 Å². The molecule has 0 unspecified atom stereocenters. The SMILES string of the molecule is CC[C@H](C)CC(=O)N(C)c1ccn(C)n1. The number of rotatable bonds is 4. The number of hydrogen-bond acceptors (Lipinski definition) is 2. The largest absolute Gasteiger partial charge is 0.298 e. The molecule has 4 nitrogen and oxygen atoms in total. The van der Waals surface area contributed by atoms with E-state index in [1.54, 1.807) is 16.6 Å². The highest BCUT2D eigenvalue weighted by Gasteiger charge is 2.15. The van der Waals surface area contributed by atoms with Gasteiger partial charge in [-0.05, 0) is 5.92 Å². The third kappa shape index (κ3) is 3.08. The number of carbonyl (C=O) groups excluding carboxylic acids is 1. The van der Waals surface area contributed by atoms with Gasteiger partial charge in [-0.3, -0.25) is 14.4 Å². The molecule has 0 aliphatic rings. The predicted octanol–water partition coefficient (Wildman–Crippen LogP) is 1.82. The van der Waals surface area contributed by atoms with E-state index in [-0.39, 0.29) is 5.91 Å². The molecule has 0 aliphatic heterocycles. The minimum absolute atomic E-state index is 0.128. The van der Waals surface area contributed by atoms with Crippen molar-refractivity contribution in [3.8, 4) is 0 Å². The van der Waals surface area contributed by atoms with Crippen LogP contribution < -0.4 is 4.90 Å². The van der Waals surface area contributed by atoms with Gasteiger partial charge in [0.05, 0.1) is 0 Å². The molecule has 15 heavy (non-hydrogen) atoms. The topological polar surface area (TPSA) is 38.1 Å². The molecular weight excluding hydrogens is 190 g/mol. The van der Waals surface area contributed by atoms with Crippen molar-refractivity contribution >= 4 is 11.7 Å². The molecule has 0 radical (unpaired) electrons. The van der Waals surface area contributed by atoms with Crippen molar-refractivity contribution < 1.29 is 4.79 Å². The van der Waals surface area contributed by atoms with E-state index < -0.39 is 0 Å². The van der Waals surface area contributed by atoms with E-state index in [4.69, 9.17) is 0 Å². The second kappa shape index (κ2) is 4.96. The molecule has 0 N–H and O–H groups in total. The maximum Gasteiger partial charge on any atom is 0.228 e. The Kier molecular flexibility index (Phi) is 3.88. The lowest BCUT2D eigenvalue weighted by atomic mass is 10.0. The van der Waals surface area contributed by atoms with E-state index in [2.05, 4.69) is 18.9 Å². The van der Waals surface area contributed by atoms with Crippen LogP contribution >= 0.6 is 0 Å². The van der Waals surface area contributed by atoms with Crippen LogP contribution in [0, 0.1) is 5.92 Å². The number of nitrogens with zero attached hydrogens (tertiary/aromatic N) is 3. The lowest BCUT2D eigenvalue weighted by Crippen LogP contribution is -2.28. The van der Waals surface area contributed by atoms with E-state index in [1.807, 2.05) is 19.3 Å². The number of aryl methyl sites for hydroxylation is 1. The molecule has 0 saturated carbocycles. The minimum Gasteiger partial charge on any atom is -0.298 e. The fourth-order valence-electron chi connectivity index (χ4n) is 1.29. The van der Waals surface area contributed by atoms with Crippen molar-refractivity contribution in [2.75, 3.05) is 11.9 Å².